The molecule has 36 heavy (non-hydrogen) atoms. The van der Waals surface area contributed by atoms with Crippen LogP contribution in [-0.4, -0.2) is 29.4 Å². The standard InChI is InChI=1S/C29H26FNO5/c1-4-14-36-29(35)19-8-11-22(12-9-19)31-25(20-7-5-6-17(2)15-20)24(27(33)28(31)34)26(32)21-10-13-23(30)18(3)16-21/h5-13,15-16,25,32H,4,14H2,1-3H3/b26-24-. The van der Waals surface area contributed by atoms with Gasteiger partial charge >= 0.3 is 5.97 Å². The summed E-state index contributed by atoms with van der Waals surface area (Å²) in [7, 11) is 0. The number of aliphatic hydroxyl groups excluding tert-OH is 1. The summed E-state index contributed by atoms with van der Waals surface area (Å²) in [4.78, 5) is 40.0. The van der Waals surface area contributed by atoms with Crippen LogP contribution in [0.4, 0.5) is 10.1 Å². The highest BCUT2D eigenvalue weighted by atomic mass is 19.1. The molecule has 1 unspecified atom stereocenters. The Morgan fingerprint density at radius 1 is 1.00 bits per heavy atom. The molecule has 1 atom stereocenters. The summed E-state index contributed by atoms with van der Waals surface area (Å²) in [5, 5.41) is 11.2. The first-order chi connectivity index (χ1) is 17.2. The third-order valence-corrected chi connectivity index (χ3v) is 6.05. The quantitative estimate of drug-likeness (QED) is 0.211. The van der Waals surface area contributed by atoms with Crippen molar-refractivity contribution in [1.29, 1.82) is 0 Å². The zero-order chi connectivity index (χ0) is 26.0. The largest absolute Gasteiger partial charge is 0.507 e. The molecule has 1 N–H and O–H groups in total. The van der Waals surface area contributed by atoms with Crippen molar-refractivity contribution < 1.29 is 28.6 Å². The van der Waals surface area contributed by atoms with Crippen molar-refractivity contribution in [2.24, 2.45) is 0 Å². The molecule has 1 amide bonds. The maximum Gasteiger partial charge on any atom is 0.338 e. The number of esters is 1. The second-order valence-corrected chi connectivity index (χ2v) is 8.73. The number of amides is 1. The fourth-order valence-corrected chi connectivity index (χ4v) is 4.24. The van der Waals surface area contributed by atoms with E-state index in [0.717, 1.165) is 5.56 Å². The Morgan fingerprint density at radius 2 is 1.69 bits per heavy atom. The Labute approximate surface area is 208 Å². The number of Topliss-reactive ketones (excluding diaryl/α,β-unsaturated/α-hetero) is 1. The van der Waals surface area contributed by atoms with E-state index >= 15 is 0 Å². The number of ether oxygens (including phenoxy) is 1. The molecule has 1 heterocycles. The molecule has 0 bridgehead atoms. The summed E-state index contributed by atoms with van der Waals surface area (Å²) in [5.74, 6) is -2.98. The van der Waals surface area contributed by atoms with Crippen LogP contribution >= 0.6 is 0 Å². The first kappa shape index (κ1) is 24.9. The third kappa shape index (κ3) is 4.64. The second-order valence-electron chi connectivity index (χ2n) is 8.73. The SMILES string of the molecule is CCCOC(=O)c1ccc(N2C(=O)C(=O)/C(=C(\O)c3ccc(F)c(C)c3)C2c2cccc(C)c2)cc1. The number of carbonyl (C=O) groups excluding carboxylic acids is 3. The van der Waals surface area contributed by atoms with Crippen LogP contribution in [0.25, 0.3) is 5.76 Å². The molecule has 0 saturated carbocycles. The lowest BCUT2D eigenvalue weighted by Gasteiger charge is -2.26. The molecule has 0 aromatic heterocycles. The number of aliphatic hydroxyl groups is 1. The summed E-state index contributed by atoms with van der Waals surface area (Å²) >= 11 is 0. The van der Waals surface area contributed by atoms with Gasteiger partial charge in [-0.1, -0.05) is 36.8 Å². The van der Waals surface area contributed by atoms with Gasteiger partial charge in [-0.05, 0) is 73.9 Å². The lowest BCUT2D eigenvalue weighted by Crippen LogP contribution is -2.29. The van der Waals surface area contributed by atoms with Crippen molar-refractivity contribution in [3.8, 4) is 0 Å². The molecule has 1 aliphatic heterocycles. The van der Waals surface area contributed by atoms with Crippen LogP contribution in [0.3, 0.4) is 0 Å². The van der Waals surface area contributed by atoms with Gasteiger partial charge in [0, 0.05) is 11.3 Å². The van der Waals surface area contributed by atoms with Gasteiger partial charge < -0.3 is 9.84 Å². The van der Waals surface area contributed by atoms with Gasteiger partial charge in [0.2, 0.25) is 0 Å². The number of carbonyl (C=O) groups is 3. The van der Waals surface area contributed by atoms with Crippen LogP contribution in [0.2, 0.25) is 0 Å². The zero-order valence-corrected chi connectivity index (χ0v) is 20.2. The molecule has 3 aromatic rings. The van der Waals surface area contributed by atoms with E-state index < -0.39 is 29.5 Å². The van der Waals surface area contributed by atoms with Crippen molar-refractivity contribution in [1.82, 2.24) is 0 Å². The monoisotopic (exact) mass is 487 g/mol. The Balaban J connectivity index is 1.84. The number of ketones is 1. The van der Waals surface area contributed by atoms with Gasteiger partial charge in [0.1, 0.15) is 11.6 Å². The third-order valence-electron chi connectivity index (χ3n) is 6.05. The molecular weight excluding hydrogens is 461 g/mol. The van der Waals surface area contributed by atoms with Crippen LogP contribution in [0, 0.1) is 19.7 Å². The Kier molecular flexibility index (Phi) is 7.01. The first-order valence-electron chi connectivity index (χ1n) is 11.6. The van der Waals surface area contributed by atoms with E-state index in [-0.39, 0.29) is 16.9 Å². The Bertz CT molecular complexity index is 1380. The number of hydrogen-bond acceptors (Lipinski definition) is 5. The summed E-state index contributed by atoms with van der Waals surface area (Å²) in [6, 6.07) is 16.6. The molecule has 7 heteroatoms. The normalized spacial score (nSPS) is 16.9. The number of nitrogens with zero attached hydrogens (tertiary/aromatic N) is 1. The average molecular weight is 488 g/mol. The molecule has 1 saturated heterocycles. The van der Waals surface area contributed by atoms with Crippen LogP contribution in [0.15, 0.2) is 72.3 Å². The minimum atomic E-state index is -0.923. The molecule has 6 nitrogen and oxygen atoms in total. The molecule has 1 aliphatic rings. The Morgan fingerprint density at radius 3 is 2.33 bits per heavy atom. The zero-order valence-electron chi connectivity index (χ0n) is 20.2. The van der Waals surface area contributed by atoms with Crippen molar-refractivity contribution >= 4 is 29.1 Å². The smallest absolute Gasteiger partial charge is 0.338 e. The molecular formula is C29H26FNO5. The van der Waals surface area contributed by atoms with Gasteiger partial charge in [-0.2, -0.15) is 0 Å². The van der Waals surface area contributed by atoms with E-state index in [1.165, 1.54) is 35.2 Å². The highest BCUT2D eigenvalue weighted by Gasteiger charge is 2.47. The predicted molar refractivity (Wildman–Crippen MR) is 134 cm³/mol. The van der Waals surface area contributed by atoms with Crippen LogP contribution in [0.5, 0.6) is 0 Å². The van der Waals surface area contributed by atoms with Crippen LogP contribution in [-0.2, 0) is 14.3 Å². The summed E-state index contributed by atoms with van der Waals surface area (Å²) in [6.45, 7) is 5.63. The minimum Gasteiger partial charge on any atom is -0.507 e. The molecule has 0 aliphatic carbocycles. The number of halogens is 1. The van der Waals surface area contributed by atoms with Crippen LogP contribution in [0.1, 0.15) is 52.0 Å². The maximum atomic E-state index is 13.8. The molecule has 3 aromatic carbocycles. The maximum absolute atomic E-state index is 13.8. The lowest BCUT2D eigenvalue weighted by atomic mass is 9.94. The lowest BCUT2D eigenvalue weighted by molar-refractivity contribution is -0.132. The van der Waals surface area contributed by atoms with Crippen molar-refractivity contribution in [2.45, 2.75) is 33.2 Å². The summed E-state index contributed by atoms with van der Waals surface area (Å²) in [5.41, 5.74) is 2.67. The van der Waals surface area contributed by atoms with Gasteiger partial charge in [0.05, 0.1) is 23.8 Å². The van der Waals surface area contributed by atoms with E-state index in [9.17, 15) is 23.9 Å². The van der Waals surface area contributed by atoms with Gasteiger partial charge in [-0.15, -0.1) is 0 Å². The highest BCUT2D eigenvalue weighted by molar-refractivity contribution is 6.51. The van der Waals surface area contributed by atoms with Crippen molar-refractivity contribution in [3.05, 3.63) is 106 Å². The average Bonchev–Trinajstić information content (AvgIpc) is 3.14. The molecule has 1 fully saturated rings. The van der Waals surface area contributed by atoms with Crippen LogP contribution < -0.4 is 4.90 Å². The van der Waals surface area contributed by atoms with Crippen molar-refractivity contribution in [3.63, 3.8) is 0 Å². The second kappa shape index (κ2) is 10.2. The predicted octanol–water partition coefficient (Wildman–Crippen LogP) is 5.64. The van der Waals surface area contributed by atoms with E-state index in [1.807, 2.05) is 26.0 Å². The van der Waals surface area contributed by atoms with E-state index in [0.29, 0.717) is 35.4 Å². The Hall–Kier alpha value is -4.26. The minimum absolute atomic E-state index is 0.0944. The number of aryl methyl sites for hydroxylation is 2. The van der Waals surface area contributed by atoms with E-state index in [1.54, 1.807) is 31.2 Å². The highest BCUT2D eigenvalue weighted by Crippen LogP contribution is 2.42. The van der Waals surface area contributed by atoms with E-state index in [4.69, 9.17) is 4.74 Å². The summed E-state index contributed by atoms with van der Waals surface area (Å²) < 4.78 is 19.0. The fourth-order valence-electron chi connectivity index (χ4n) is 4.24. The van der Waals surface area contributed by atoms with Gasteiger partial charge in [-0.3, -0.25) is 14.5 Å². The fraction of sp³-hybridized carbons (Fsp3) is 0.207. The number of hydrogen-bond donors (Lipinski definition) is 1. The molecule has 0 radical (unpaired) electrons. The number of anilines is 1. The molecule has 4 rings (SSSR count). The molecule has 184 valence electrons. The summed E-state index contributed by atoms with van der Waals surface area (Å²) in [6.07, 6.45) is 0.693. The first-order valence-corrected chi connectivity index (χ1v) is 11.6. The number of rotatable bonds is 6. The van der Waals surface area contributed by atoms with E-state index in [2.05, 4.69) is 0 Å². The molecule has 0 spiro atoms. The van der Waals surface area contributed by atoms with Gasteiger partial charge in [-0.25, -0.2) is 9.18 Å². The van der Waals surface area contributed by atoms with Gasteiger partial charge in [0.15, 0.2) is 0 Å². The van der Waals surface area contributed by atoms with Crippen molar-refractivity contribution in [2.75, 3.05) is 11.5 Å². The number of benzene rings is 3. The topological polar surface area (TPSA) is 83.9 Å². The van der Waals surface area contributed by atoms with Gasteiger partial charge in [0.25, 0.3) is 11.7 Å².